The smallest absolute Gasteiger partial charge is 0.0731 e. The highest BCUT2D eigenvalue weighted by molar-refractivity contribution is 7.26. The summed E-state index contributed by atoms with van der Waals surface area (Å²) in [5.74, 6) is 0. The molecule has 0 radical (unpaired) electrons. The normalized spacial score (nSPS) is 13.6. The quantitative estimate of drug-likeness (QED) is 0.166. The summed E-state index contributed by atoms with van der Waals surface area (Å²) in [5, 5.41) is 7.94. The number of thiophene rings is 2. The Morgan fingerprint density at radius 2 is 0.764 bits per heavy atom. The van der Waals surface area contributed by atoms with E-state index in [0.717, 1.165) is 0 Å². The van der Waals surface area contributed by atoms with Gasteiger partial charge in [-0.3, -0.25) is 0 Å². The molecule has 0 nitrogen and oxygen atoms in total. The number of hydrogen-bond donors (Lipinski definition) is 0. The van der Waals surface area contributed by atoms with Crippen LogP contribution in [0.25, 0.3) is 95.6 Å². The molecule has 2 aromatic heterocycles. The first-order valence-corrected chi connectivity index (χ1v) is 20.6. The average Bonchev–Trinajstić information content (AvgIpc) is 3.98. The van der Waals surface area contributed by atoms with Gasteiger partial charge in [0.2, 0.25) is 0 Å². The van der Waals surface area contributed by atoms with Gasteiger partial charge in [-0.2, -0.15) is 0 Å². The lowest BCUT2D eigenvalue weighted by molar-refractivity contribution is 0.801. The van der Waals surface area contributed by atoms with Crippen molar-refractivity contribution in [1.29, 1.82) is 0 Å². The monoisotopic (exact) mass is 730 g/mol. The number of benzene rings is 9. The summed E-state index contributed by atoms with van der Waals surface area (Å²) in [6.07, 6.45) is 0. The van der Waals surface area contributed by atoms with Crippen molar-refractivity contribution in [3.8, 4) is 44.5 Å². The van der Waals surface area contributed by atoms with Crippen molar-refractivity contribution in [2.45, 2.75) is 5.41 Å². The van der Waals surface area contributed by atoms with Gasteiger partial charge in [-0.25, -0.2) is 0 Å². The predicted molar refractivity (Wildman–Crippen MR) is 237 cm³/mol. The molecule has 13 rings (SSSR count). The maximum atomic E-state index is 2.52. The average molecular weight is 731 g/mol. The van der Waals surface area contributed by atoms with Gasteiger partial charge in [0.15, 0.2) is 0 Å². The van der Waals surface area contributed by atoms with E-state index < -0.39 is 5.41 Å². The Bertz CT molecular complexity index is 3400. The molecule has 0 saturated heterocycles. The van der Waals surface area contributed by atoms with Crippen LogP contribution in [0.1, 0.15) is 22.3 Å². The lowest BCUT2D eigenvalue weighted by atomic mass is 9.69. The number of rotatable bonds is 2. The second-order valence-electron chi connectivity index (χ2n) is 15.1. The molecule has 0 aliphatic heterocycles. The van der Waals surface area contributed by atoms with E-state index in [2.05, 4.69) is 182 Å². The first-order chi connectivity index (χ1) is 27.2. The van der Waals surface area contributed by atoms with Crippen LogP contribution < -0.4 is 0 Å². The zero-order valence-corrected chi connectivity index (χ0v) is 31.3. The molecule has 0 amide bonds. The molecule has 0 N–H and O–H groups in total. The van der Waals surface area contributed by atoms with Crippen molar-refractivity contribution in [2.75, 3.05) is 0 Å². The summed E-state index contributed by atoms with van der Waals surface area (Å²) in [6, 6.07) is 69.1. The molecule has 2 aliphatic carbocycles. The Hall–Kier alpha value is -6.32. The highest BCUT2D eigenvalue weighted by Crippen LogP contribution is 2.64. The Morgan fingerprint density at radius 1 is 0.291 bits per heavy atom. The first kappa shape index (κ1) is 30.1. The largest absolute Gasteiger partial charge is 0.135 e. The summed E-state index contributed by atoms with van der Waals surface area (Å²) in [5.41, 5.74) is 15.4. The predicted octanol–water partition coefficient (Wildman–Crippen LogP) is 15.3. The molecular formula is C53H30S2. The molecule has 0 saturated carbocycles. The second kappa shape index (κ2) is 10.9. The van der Waals surface area contributed by atoms with Crippen LogP contribution >= 0.6 is 22.7 Å². The third kappa shape index (κ3) is 3.95. The van der Waals surface area contributed by atoms with Crippen LogP contribution in [-0.4, -0.2) is 0 Å². The molecule has 0 atom stereocenters. The fourth-order valence-electron chi connectivity index (χ4n) is 10.1. The van der Waals surface area contributed by atoms with Crippen LogP contribution in [0, 0.1) is 0 Å². The molecule has 0 unspecified atom stereocenters. The molecular weight excluding hydrogens is 701 g/mol. The van der Waals surface area contributed by atoms with Crippen molar-refractivity contribution in [1.82, 2.24) is 0 Å². The van der Waals surface area contributed by atoms with Crippen LogP contribution in [0.2, 0.25) is 0 Å². The van der Waals surface area contributed by atoms with Crippen molar-refractivity contribution in [3.63, 3.8) is 0 Å². The van der Waals surface area contributed by atoms with Crippen molar-refractivity contribution >= 4 is 73.8 Å². The topological polar surface area (TPSA) is 0 Å². The van der Waals surface area contributed by atoms with E-state index in [1.54, 1.807) is 0 Å². The maximum Gasteiger partial charge on any atom is 0.0731 e. The van der Waals surface area contributed by atoms with E-state index >= 15 is 0 Å². The summed E-state index contributed by atoms with van der Waals surface area (Å²) >= 11 is 3.76. The van der Waals surface area contributed by atoms with Gasteiger partial charge < -0.3 is 0 Å². The molecule has 1 spiro atoms. The van der Waals surface area contributed by atoms with E-state index in [0.29, 0.717) is 0 Å². The molecule has 2 heteroatoms. The second-order valence-corrected chi connectivity index (χ2v) is 17.3. The van der Waals surface area contributed by atoms with Crippen LogP contribution in [0.5, 0.6) is 0 Å². The lowest BCUT2D eigenvalue weighted by Crippen LogP contribution is -2.26. The molecule has 55 heavy (non-hydrogen) atoms. The van der Waals surface area contributed by atoms with E-state index in [1.165, 1.54) is 118 Å². The standard InChI is InChI=1S/C53H30S2/c1-5-13-45-37(9-1)38-10-2-6-14-46(38)53(45)47-30-34(33-21-26-51-44(29-33)41-12-4-8-16-49(41)55-51)18-23-39(47)42-24-19-35-27-31(17-22-36(35)52(42)53)32-20-25-50-43(28-32)40-11-3-7-15-48(40)54-50/h1-30H. The SMILES string of the molecule is c1ccc2c(c1)-c1ccccc1C21c2cc(-c3ccc4sc5ccccc5c4c3)ccc2-c2ccc3cc(-c4ccc5sc6ccccc6c5c4)ccc3c21. The van der Waals surface area contributed by atoms with Gasteiger partial charge in [-0.15, -0.1) is 22.7 Å². The van der Waals surface area contributed by atoms with Gasteiger partial charge in [0.25, 0.3) is 0 Å². The summed E-state index contributed by atoms with van der Waals surface area (Å²) in [7, 11) is 0. The van der Waals surface area contributed by atoms with E-state index in [4.69, 9.17) is 0 Å². The van der Waals surface area contributed by atoms with E-state index in [-0.39, 0.29) is 0 Å². The van der Waals surface area contributed by atoms with Crippen LogP contribution in [-0.2, 0) is 5.41 Å². The number of fused-ring (bicyclic) bond motifs is 18. The lowest BCUT2D eigenvalue weighted by Gasteiger charge is -2.31. The third-order valence-corrected chi connectivity index (χ3v) is 14.8. The minimum Gasteiger partial charge on any atom is -0.135 e. The minimum atomic E-state index is -0.442. The van der Waals surface area contributed by atoms with Crippen molar-refractivity contribution < 1.29 is 0 Å². The van der Waals surface area contributed by atoms with Crippen LogP contribution in [0.15, 0.2) is 182 Å². The highest BCUT2D eigenvalue weighted by Gasteiger charge is 2.52. The Kier molecular flexibility index (Phi) is 5.95. The van der Waals surface area contributed by atoms with Gasteiger partial charge in [0.05, 0.1) is 5.41 Å². The highest BCUT2D eigenvalue weighted by atomic mass is 32.1. The van der Waals surface area contributed by atoms with E-state index in [1.807, 2.05) is 22.7 Å². The first-order valence-electron chi connectivity index (χ1n) is 19.0. The third-order valence-electron chi connectivity index (χ3n) is 12.5. The van der Waals surface area contributed by atoms with Crippen LogP contribution in [0.4, 0.5) is 0 Å². The van der Waals surface area contributed by atoms with Gasteiger partial charge in [-0.05, 0) is 126 Å². The van der Waals surface area contributed by atoms with Gasteiger partial charge in [0, 0.05) is 40.3 Å². The van der Waals surface area contributed by atoms with Crippen molar-refractivity contribution in [2.24, 2.45) is 0 Å². The van der Waals surface area contributed by atoms with E-state index in [9.17, 15) is 0 Å². The molecule has 0 fully saturated rings. The van der Waals surface area contributed by atoms with Crippen LogP contribution in [0.3, 0.4) is 0 Å². The zero-order chi connectivity index (χ0) is 35.8. The molecule has 0 bridgehead atoms. The fourth-order valence-corrected chi connectivity index (χ4v) is 12.3. The van der Waals surface area contributed by atoms with Gasteiger partial charge in [-0.1, -0.05) is 133 Å². The number of hydrogen-bond acceptors (Lipinski definition) is 2. The molecule has 2 heterocycles. The Morgan fingerprint density at radius 3 is 1.42 bits per heavy atom. The Balaban J connectivity index is 1.06. The molecule has 11 aromatic rings. The molecule has 9 aromatic carbocycles. The molecule has 254 valence electrons. The summed E-state index contributed by atoms with van der Waals surface area (Å²) in [4.78, 5) is 0. The summed E-state index contributed by atoms with van der Waals surface area (Å²) in [6.45, 7) is 0. The van der Waals surface area contributed by atoms with Crippen molar-refractivity contribution in [3.05, 3.63) is 204 Å². The minimum absolute atomic E-state index is 0.442. The molecule has 2 aliphatic rings. The summed E-state index contributed by atoms with van der Waals surface area (Å²) < 4.78 is 5.36. The zero-order valence-electron chi connectivity index (χ0n) is 29.6. The maximum absolute atomic E-state index is 2.52. The van der Waals surface area contributed by atoms with Gasteiger partial charge in [0.1, 0.15) is 0 Å². The fraction of sp³-hybridized carbons (Fsp3) is 0.0189. The Labute approximate surface area is 326 Å². The van der Waals surface area contributed by atoms with Gasteiger partial charge >= 0.3 is 0 Å².